The van der Waals surface area contributed by atoms with Gasteiger partial charge in [-0.15, -0.1) is 0 Å². The molecule has 0 amide bonds. The van der Waals surface area contributed by atoms with E-state index in [-0.39, 0.29) is 12.0 Å². The lowest BCUT2D eigenvalue weighted by molar-refractivity contribution is -0.136. The van der Waals surface area contributed by atoms with Crippen LogP contribution in [-0.2, 0) is 16.0 Å². The zero-order valence-corrected chi connectivity index (χ0v) is 22.3. The second kappa shape index (κ2) is 12.3. The predicted molar refractivity (Wildman–Crippen MR) is 144 cm³/mol. The topological polar surface area (TPSA) is 115 Å². The maximum atomic E-state index is 10.8. The van der Waals surface area contributed by atoms with Gasteiger partial charge in [0.2, 0.25) is 0 Å². The van der Waals surface area contributed by atoms with E-state index in [2.05, 4.69) is 29.5 Å². The summed E-state index contributed by atoms with van der Waals surface area (Å²) in [6.07, 6.45) is 7.30. The number of carboxylic acids is 1. The van der Waals surface area contributed by atoms with Crippen LogP contribution in [0.5, 0.6) is 11.5 Å². The first-order valence-electron chi connectivity index (χ1n) is 13.0. The van der Waals surface area contributed by atoms with Crippen LogP contribution in [0.1, 0.15) is 51.5 Å². The molecule has 9 nitrogen and oxygen atoms in total. The number of oxazole rings is 1. The molecule has 38 heavy (non-hydrogen) atoms. The molecule has 0 aliphatic carbocycles. The van der Waals surface area contributed by atoms with Gasteiger partial charge in [-0.3, -0.25) is 10.1 Å². The summed E-state index contributed by atoms with van der Waals surface area (Å²) in [6, 6.07) is 13.5. The van der Waals surface area contributed by atoms with Gasteiger partial charge in [0.05, 0.1) is 32.1 Å². The summed E-state index contributed by atoms with van der Waals surface area (Å²) >= 11 is 0. The van der Waals surface area contributed by atoms with Gasteiger partial charge in [0, 0.05) is 30.1 Å². The molecule has 1 atom stereocenters. The summed E-state index contributed by atoms with van der Waals surface area (Å²) in [6.45, 7) is 5.46. The Labute approximate surface area is 223 Å². The Kier molecular flexibility index (Phi) is 8.91. The molecule has 0 bridgehead atoms. The van der Waals surface area contributed by atoms with Crippen molar-refractivity contribution in [2.45, 2.75) is 63.8 Å². The van der Waals surface area contributed by atoms with Crippen LogP contribution in [0.3, 0.4) is 0 Å². The first-order chi connectivity index (χ1) is 18.3. The molecule has 1 aliphatic rings. The van der Waals surface area contributed by atoms with Gasteiger partial charge in [0.15, 0.2) is 18.0 Å². The summed E-state index contributed by atoms with van der Waals surface area (Å²) in [5, 5.41) is 16.2. The highest BCUT2D eigenvalue weighted by molar-refractivity contribution is 5.69. The first-order valence-corrected chi connectivity index (χ1v) is 13.0. The number of carbonyl (C=O) groups is 1. The molecule has 1 saturated heterocycles. The molecule has 9 heteroatoms. The summed E-state index contributed by atoms with van der Waals surface area (Å²) < 4.78 is 23.4. The maximum Gasteiger partial charge on any atom is 0.303 e. The fourth-order valence-electron chi connectivity index (χ4n) is 4.61. The standard InChI is InChI=1S/C29H37N3O6/c1-28(2,15-17-36-23-10-6-21(7-11-23)8-13-27(33)34)32-29(14-4-5-16-38-29)31-22-9-12-24(25(18-22)35-3)26-19-30-20-37-26/h6-7,9-12,18-20,31-32H,4-5,8,13-17H2,1-3H3,(H,33,34). The number of anilines is 1. The average molecular weight is 524 g/mol. The number of nitrogens with zero attached hydrogens (tertiary/aromatic N) is 1. The lowest BCUT2D eigenvalue weighted by atomic mass is 9.98. The second-order valence-electron chi connectivity index (χ2n) is 10.2. The molecule has 0 spiro atoms. The number of hydrogen-bond donors (Lipinski definition) is 3. The van der Waals surface area contributed by atoms with Crippen molar-refractivity contribution < 1.29 is 28.5 Å². The minimum Gasteiger partial charge on any atom is -0.496 e. The van der Waals surface area contributed by atoms with Gasteiger partial charge in [0.1, 0.15) is 11.5 Å². The first kappa shape index (κ1) is 27.5. The number of ether oxygens (including phenoxy) is 3. The van der Waals surface area contributed by atoms with Crippen molar-refractivity contribution >= 4 is 11.7 Å². The van der Waals surface area contributed by atoms with Crippen LogP contribution >= 0.6 is 0 Å². The van der Waals surface area contributed by atoms with E-state index in [1.165, 1.54) is 6.39 Å². The van der Waals surface area contributed by atoms with E-state index < -0.39 is 11.8 Å². The molecule has 204 valence electrons. The monoisotopic (exact) mass is 523 g/mol. The molecular formula is C29H37N3O6. The number of rotatable bonds is 13. The molecular weight excluding hydrogens is 486 g/mol. The molecule has 2 heterocycles. The molecule has 0 radical (unpaired) electrons. The normalized spacial score (nSPS) is 17.7. The van der Waals surface area contributed by atoms with E-state index in [1.807, 2.05) is 42.5 Å². The molecule has 4 rings (SSSR count). The maximum absolute atomic E-state index is 10.8. The van der Waals surface area contributed by atoms with Gasteiger partial charge in [-0.05, 0) is 69.4 Å². The van der Waals surface area contributed by atoms with E-state index in [0.717, 1.165) is 48.2 Å². The summed E-state index contributed by atoms with van der Waals surface area (Å²) in [7, 11) is 1.64. The average Bonchev–Trinajstić information content (AvgIpc) is 3.43. The van der Waals surface area contributed by atoms with E-state index in [4.69, 9.17) is 23.7 Å². The van der Waals surface area contributed by atoms with Crippen LogP contribution in [-0.4, -0.2) is 47.8 Å². The molecule has 1 fully saturated rings. The zero-order chi connectivity index (χ0) is 27.0. The SMILES string of the molecule is COc1cc(NC2(NC(C)(C)CCOc3ccc(CCC(=O)O)cc3)CCCCO2)ccc1-c1cnco1. The zero-order valence-electron chi connectivity index (χ0n) is 22.3. The van der Waals surface area contributed by atoms with Crippen molar-refractivity contribution in [3.8, 4) is 22.8 Å². The largest absolute Gasteiger partial charge is 0.496 e. The van der Waals surface area contributed by atoms with Gasteiger partial charge in [-0.2, -0.15) is 0 Å². The summed E-state index contributed by atoms with van der Waals surface area (Å²) in [4.78, 5) is 14.8. The molecule has 1 aromatic heterocycles. The number of carboxylic acid groups (broad SMARTS) is 1. The summed E-state index contributed by atoms with van der Waals surface area (Å²) in [5.74, 6) is 0.565. The van der Waals surface area contributed by atoms with Crippen LogP contribution in [0.2, 0.25) is 0 Å². The van der Waals surface area contributed by atoms with E-state index in [1.54, 1.807) is 13.3 Å². The number of aromatic nitrogens is 1. The van der Waals surface area contributed by atoms with E-state index in [0.29, 0.717) is 31.1 Å². The third kappa shape index (κ3) is 7.49. The third-order valence-corrected chi connectivity index (χ3v) is 6.60. The number of aryl methyl sites for hydroxylation is 1. The quantitative estimate of drug-likeness (QED) is 0.251. The fourth-order valence-corrected chi connectivity index (χ4v) is 4.61. The van der Waals surface area contributed by atoms with Gasteiger partial charge in [0.25, 0.3) is 0 Å². The lowest BCUT2D eigenvalue weighted by Crippen LogP contribution is -2.62. The number of nitrogens with one attached hydrogen (secondary N) is 2. The Hall–Kier alpha value is -3.56. The molecule has 3 aromatic rings. The third-order valence-electron chi connectivity index (χ3n) is 6.60. The van der Waals surface area contributed by atoms with Gasteiger partial charge in [-0.1, -0.05) is 12.1 Å². The molecule has 1 unspecified atom stereocenters. The van der Waals surface area contributed by atoms with Crippen molar-refractivity contribution in [3.05, 3.63) is 60.6 Å². The van der Waals surface area contributed by atoms with Crippen LogP contribution in [0.15, 0.2) is 59.5 Å². The molecule has 3 N–H and O–H groups in total. The molecule has 0 saturated carbocycles. The number of hydrogen-bond acceptors (Lipinski definition) is 8. The minimum absolute atomic E-state index is 0.121. The van der Waals surface area contributed by atoms with Crippen LogP contribution in [0.25, 0.3) is 11.3 Å². The van der Waals surface area contributed by atoms with Crippen molar-refractivity contribution in [1.82, 2.24) is 10.3 Å². The Bertz CT molecular complexity index is 1170. The Morgan fingerprint density at radius 3 is 2.66 bits per heavy atom. The number of benzene rings is 2. The van der Waals surface area contributed by atoms with Crippen LogP contribution in [0.4, 0.5) is 5.69 Å². The van der Waals surface area contributed by atoms with Crippen molar-refractivity contribution in [1.29, 1.82) is 0 Å². The highest BCUT2D eigenvalue weighted by atomic mass is 16.5. The van der Waals surface area contributed by atoms with Crippen LogP contribution in [0, 0.1) is 0 Å². The van der Waals surface area contributed by atoms with Crippen LogP contribution < -0.4 is 20.1 Å². The highest BCUT2D eigenvalue weighted by Crippen LogP contribution is 2.35. The van der Waals surface area contributed by atoms with Crippen molar-refractivity contribution in [2.24, 2.45) is 0 Å². The van der Waals surface area contributed by atoms with Crippen molar-refractivity contribution in [2.75, 3.05) is 25.6 Å². The summed E-state index contributed by atoms with van der Waals surface area (Å²) in [5.41, 5.74) is 2.38. The fraction of sp³-hybridized carbons (Fsp3) is 0.448. The molecule has 2 aromatic carbocycles. The van der Waals surface area contributed by atoms with Crippen molar-refractivity contribution in [3.63, 3.8) is 0 Å². The Balaban J connectivity index is 1.38. The van der Waals surface area contributed by atoms with E-state index in [9.17, 15) is 4.79 Å². The Morgan fingerprint density at radius 2 is 2.00 bits per heavy atom. The lowest BCUT2D eigenvalue weighted by Gasteiger charge is -2.44. The number of aliphatic carboxylic acids is 1. The smallest absolute Gasteiger partial charge is 0.303 e. The van der Waals surface area contributed by atoms with Gasteiger partial charge < -0.3 is 29.1 Å². The van der Waals surface area contributed by atoms with E-state index >= 15 is 0 Å². The molecule has 1 aliphatic heterocycles. The Morgan fingerprint density at radius 1 is 1.18 bits per heavy atom. The number of methoxy groups -OCH3 is 1. The van der Waals surface area contributed by atoms with Gasteiger partial charge in [-0.25, -0.2) is 4.98 Å². The highest BCUT2D eigenvalue weighted by Gasteiger charge is 2.38. The minimum atomic E-state index is -0.795. The second-order valence-corrected chi connectivity index (χ2v) is 10.2. The predicted octanol–water partition coefficient (Wildman–Crippen LogP) is 5.47. The van der Waals surface area contributed by atoms with Gasteiger partial charge >= 0.3 is 5.97 Å².